The number of methoxy groups -OCH3 is 3. The molecular formula is C19H26N4O6S. The monoisotopic (exact) mass is 438 g/mol. The van der Waals surface area contributed by atoms with Crippen LogP contribution in [0.4, 0.5) is 5.69 Å². The van der Waals surface area contributed by atoms with Crippen molar-refractivity contribution < 1.29 is 28.9 Å². The lowest BCUT2D eigenvalue weighted by atomic mass is 10.2. The van der Waals surface area contributed by atoms with Crippen LogP contribution >= 0.6 is 11.8 Å². The fourth-order valence-electron chi connectivity index (χ4n) is 2.51. The number of aromatic nitrogens is 2. The molecule has 0 aliphatic rings. The number of benzene rings is 1. The molecule has 10 nitrogen and oxygen atoms in total. The number of carbonyl (C=O) groups excluding carboxylic acids is 2. The standard InChI is InChI=1S/C19H26N4O6S/c1-27-7-6-20-17(25)10-23-13(11-24)9-21-19(23)30-12-18(26)22-15-5-4-14(28-2)8-16(15)29-3/h4-5,8-9,24H,6-7,10-12H2,1-3H3,(H,20,25)(H,22,26). The van der Waals surface area contributed by atoms with E-state index in [1.165, 1.54) is 13.3 Å². The molecule has 1 aromatic heterocycles. The molecule has 0 saturated heterocycles. The maximum atomic E-state index is 12.4. The van der Waals surface area contributed by atoms with Gasteiger partial charge in [0.15, 0.2) is 5.16 Å². The van der Waals surface area contributed by atoms with Gasteiger partial charge < -0.3 is 34.5 Å². The number of hydrogen-bond donors (Lipinski definition) is 3. The van der Waals surface area contributed by atoms with E-state index in [4.69, 9.17) is 14.2 Å². The van der Waals surface area contributed by atoms with Crippen LogP contribution in [0.3, 0.4) is 0 Å². The van der Waals surface area contributed by atoms with Gasteiger partial charge in [0.25, 0.3) is 0 Å². The van der Waals surface area contributed by atoms with Gasteiger partial charge in [-0.2, -0.15) is 0 Å². The molecule has 0 unspecified atom stereocenters. The molecule has 3 N–H and O–H groups in total. The molecule has 11 heteroatoms. The summed E-state index contributed by atoms with van der Waals surface area (Å²) < 4.78 is 16.9. The fourth-order valence-corrected chi connectivity index (χ4v) is 3.31. The lowest BCUT2D eigenvalue weighted by Gasteiger charge is -2.12. The number of nitrogens with one attached hydrogen (secondary N) is 2. The van der Waals surface area contributed by atoms with E-state index in [-0.39, 0.29) is 30.7 Å². The summed E-state index contributed by atoms with van der Waals surface area (Å²) in [5.74, 6) is 0.635. The number of hydrogen-bond acceptors (Lipinski definition) is 8. The summed E-state index contributed by atoms with van der Waals surface area (Å²) in [6.07, 6.45) is 1.48. The smallest absolute Gasteiger partial charge is 0.240 e. The third-order valence-electron chi connectivity index (χ3n) is 4.01. The Hall–Kier alpha value is -2.76. The topological polar surface area (TPSA) is 124 Å². The van der Waals surface area contributed by atoms with Crippen molar-refractivity contribution in [1.29, 1.82) is 0 Å². The SMILES string of the molecule is COCCNC(=O)Cn1c(CO)cnc1SCC(=O)Nc1ccc(OC)cc1OC. The molecule has 0 fully saturated rings. The first-order valence-corrected chi connectivity index (χ1v) is 10.1. The summed E-state index contributed by atoms with van der Waals surface area (Å²) in [6, 6.07) is 5.08. The predicted molar refractivity (Wildman–Crippen MR) is 112 cm³/mol. The van der Waals surface area contributed by atoms with Crippen molar-refractivity contribution in [2.75, 3.05) is 45.6 Å². The van der Waals surface area contributed by atoms with Crippen LogP contribution in [0.25, 0.3) is 0 Å². The maximum Gasteiger partial charge on any atom is 0.240 e. The molecule has 1 heterocycles. The highest BCUT2D eigenvalue weighted by atomic mass is 32.2. The van der Waals surface area contributed by atoms with Crippen molar-refractivity contribution in [1.82, 2.24) is 14.9 Å². The minimum absolute atomic E-state index is 0.0180. The summed E-state index contributed by atoms with van der Waals surface area (Å²) in [5.41, 5.74) is 0.998. The largest absolute Gasteiger partial charge is 0.497 e. The Labute approximate surface area is 178 Å². The van der Waals surface area contributed by atoms with Gasteiger partial charge >= 0.3 is 0 Å². The van der Waals surface area contributed by atoms with E-state index < -0.39 is 0 Å². The molecular weight excluding hydrogens is 412 g/mol. The van der Waals surface area contributed by atoms with Crippen molar-refractivity contribution in [3.63, 3.8) is 0 Å². The average Bonchev–Trinajstić information content (AvgIpc) is 3.14. The van der Waals surface area contributed by atoms with Crippen LogP contribution in [0, 0.1) is 0 Å². The molecule has 0 bridgehead atoms. The van der Waals surface area contributed by atoms with Crippen LogP contribution in [-0.4, -0.2) is 66.7 Å². The number of thioether (sulfide) groups is 1. The molecule has 1 aromatic carbocycles. The average molecular weight is 439 g/mol. The van der Waals surface area contributed by atoms with E-state index in [1.54, 1.807) is 37.0 Å². The number of nitrogens with zero attached hydrogens (tertiary/aromatic N) is 2. The van der Waals surface area contributed by atoms with E-state index in [1.807, 2.05) is 0 Å². The van der Waals surface area contributed by atoms with Crippen molar-refractivity contribution in [2.45, 2.75) is 18.3 Å². The number of anilines is 1. The summed E-state index contributed by atoms with van der Waals surface area (Å²) in [5, 5.41) is 15.5. The third kappa shape index (κ3) is 6.65. The maximum absolute atomic E-state index is 12.4. The second-order valence-electron chi connectivity index (χ2n) is 6.02. The molecule has 164 valence electrons. The second kappa shape index (κ2) is 12.1. The Balaban J connectivity index is 1.99. The van der Waals surface area contributed by atoms with Crippen LogP contribution in [-0.2, 0) is 27.5 Å². The van der Waals surface area contributed by atoms with E-state index in [2.05, 4.69) is 15.6 Å². The van der Waals surface area contributed by atoms with Crippen LogP contribution in [0.1, 0.15) is 5.69 Å². The number of aliphatic hydroxyl groups is 1. The van der Waals surface area contributed by atoms with Crippen LogP contribution in [0.15, 0.2) is 29.6 Å². The van der Waals surface area contributed by atoms with Crippen molar-refractivity contribution in [3.8, 4) is 11.5 Å². The minimum Gasteiger partial charge on any atom is -0.497 e. The van der Waals surface area contributed by atoms with Gasteiger partial charge in [0.05, 0.1) is 50.8 Å². The number of imidazole rings is 1. The number of ether oxygens (including phenoxy) is 3. The molecule has 0 saturated carbocycles. The zero-order valence-electron chi connectivity index (χ0n) is 17.1. The number of rotatable bonds is 12. The molecule has 2 aromatic rings. The molecule has 0 radical (unpaired) electrons. The van der Waals surface area contributed by atoms with Crippen molar-refractivity contribution >= 4 is 29.3 Å². The Bertz CT molecular complexity index is 858. The zero-order valence-corrected chi connectivity index (χ0v) is 18.0. The van der Waals surface area contributed by atoms with Gasteiger partial charge in [-0.3, -0.25) is 9.59 Å². The van der Waals surface area contributed by atoms with Gasteiger partial charge in [0, 0.05) is 19.7 Å². The minimum atomic E-state index is -0.270. The second-order valence-corrected chi connectivity index (χ2v) is 6.96. The quantitative estimate of drug-likeness (QED) is 0.330. The van der Waals surface area contributed by atoms with Crippen LogP contribution in [0.5, 0.6) is 11.5 Å². The molecule has 0 atom stereocenters. The Morgan fingerprint density at radius 2 is 2.00 bits per heavy atom. The van der Waals surface area contributed by atoms with Gasteiger partial charge in [-0.05, 0) is 12.1 Å². The van der Waals surface area contributed by atoms with E-state index >= 15 is 0 Å². The Morgan fingerprint density at radius 1 is 1.20 bits per heavy atom. The first-order chi connectivity index (χ1) is 14.5. The molecule has 0 spiro atoms. The van der Waals surface area contributed by atoms with E-state index in [0.717, 1.165) is 11.8 Å². The number of carbonyl (C=O) groups is 2. The molecule has 0 aliphatic heterocycles. The molecule has 2 rings (SSSR count). The fraction of sp³-hybridized carbons (Fsp3) is 0.421. The predicted octanol–water partition coefficient (Wildman–Crippen LogP) is 0.886. The third-order valence-corrected chi connectivity index (χ3v) is 5.00. The Morgan fingerprint density at radius 3 is 2.67 bits per heavy atom. The first kappa shape index (κ1) is 23.5. The van der Waals surface area contributed by atoms with Crippen LogP contribution < -0.4 is 20.1 Å². The van der Waals surface area contributed by atoms with Gasteiger partial charge in [-0.1, -0.05) is 11.8 Å². The molecule has 2 amide bonds. The summed E-state index contributed by atoms with van der Waals surface area (Å²) in [4.78, 5) is 28.7. The van der Waals surface area contributed by atoms with Gasteiger partial charge in [0.2, 0.25) is 11.8 Å². The zero-order chi connectivity index (χ0) is 21.9. The normalized spacial score (nSPS) is 10.5. The lowest BCUT2D eigenvalue weighted by molar-refractivity contribution is -0.122. The van der Waals surface area contributed by atoms with Crippen molar-refractivity contribution in [2.24, 2.45) is 0 Å². The number of aliphatic hydroxyl groups excluding tert-OH is 1. The molecule has 30 heavy (non-hydrogen) atoms. The Kier molecular flexibility index (Phi) is 9.45. The highest BCUT2D eigenvalue weighted by Gasteiger charge is 2.16. The highest BCUT2D eigenvalue weighted by Crippen LogP contribution is 2.29. The van der Waals surface area contributed by atoms with Crippen LogP contribution in [0.2, 0.25) is 0 Å². The molecule has 0 aliphatic carbocycles. The summed E-state index contributed by atoms with van der Waals surface area (Å²) >= 11 is 1.16. The first-order valence-electron chi connectivity index (χ1n) is 9.08. The van der Waals surface area contributed by atoms with Gasteiger partial charge in [-0.25, -0.2) is 4.98 Å². The number of amides is 2. The highest BCUT2D eigenvalue weighted by molar-refractivity contribution is 7.99. The van der Waals surface area contributed by atoms with Gasteiger partial charge in [0.1, 0.15) is 18.0 Å². The van der Waals surface area contributed by atoms with Crippen molar-refractivity contribution in [3.05, 3.63) is 30.1 Å². The summed E-state index contributed by atoms with van der Waals surface area (Å²) in [7, 11) is 4.60. The van der Waals surface area contributed by atoms with E-state index in [0.29, 0.717) is 41.2 Å². The lowest BCUT2D eigenvalue weighted by Crippen LogP contribution is -2.31. The van der Waals surface area contributed by atoms with E-state index in [9.17, 15) is 14.7 Å². The van der Waals surface area contributed by atoms with Gasteiger partial charge in [-0.15, -0.1) is 0 Å². The summed E-state index contributed by atoms with van der Waals surface area (Å²) in [6.45, 7) is 0.496.